The number of rotatable bonds is 4. The first-order valence-electron chi connectivity index (χ1n) is 4.63. The number of carbonyl (C=O) groups excluding carboxylic acids is 1. The van der Waals surface area contributed by atoms with Crippen molar-refractivity contribution in [2.24, 2.45) is 5.14 Å². The molecule has 0 fully saturated rings. The summed E-state index contributed by atoms with van der Waals surface area (Å²) in [6, 6.07) is 4.46. The quantitative estimate of drug-likeness (QED) is 0.669. The number of halogens is 1. The maximum absolute atomic E-state index is 11.6. The predicted molar refractivity (Wildman–Crippen MR) is 66.2 cm³/mol. The van der Waals surface area contributed by atoms with Gasteiger partial charge in [-0.2, -0.15) is 0 Å². The maximum atomic E-state index is 11.6. The molecular formula is C9H12ClN3O3S. The molecule has 0 radical (unpaired) electrons. The molecule has 94 valence electrons. The third-order valence-electron chi connectivity index (χ3n) is 1.93. The standard InChI is InChI=1S/C9H12ClN3O3S/c10-6-1-2-8(11)7(5-6)9(14)13-3-4-17(12,15)16/h1-2,5H,3-4,11H2,(H,13,14)(H2,12,15,16). The van der Waals surface area contributed by atoms with Crippen molar-refractivity contribution in [2.75, 3.05) is 18.0 Å². The topological polar surface area (TPSA) is 115 Å². The van der Waals surface area contributed by atoms with E-state index < -0.39 is 15.9 Å². The molecule has 1 amide bonds. The zero-order chi connectivity index (χ0) is 13.1. The molecule has 8 heteroatoms. The molecule has 0 aliphatic carbocycles. The van der Waals surface area contributed by atoms with Crippen LogP contribution in [0.3, 0.4) is 0 Å². The number of nitrogens with two attached hydrogens (primary N) is 2. The Morgan fingerprint density at radius 2 is 2.06 bits per heavy atom. The Morgan fingerprint density at radius 1 is 1.41 bits per heavy atom. The van der Waals surface area contributed by atoms with Gasteiger partial charge in [-0.3, -0.25) is 4.79 Å². The van der Waals surface area contributed by atoms with Gasteiger partial charge in [-0.15, -0.1) is 0 Å². The Labute approximate surface area is 104 Å². The van der Waals surface area contributed by atoms with E-state index in [1.54, 1.807) is 6.07 Å². The molecule has 6 nitrogen and oxygen atoms in total. The van der Waals surface area contributed by atoms with Crippen LogP contribution < -0.4 is 16.2 Å². The van der Waals surface area contributed by atoms with Crippen LogP contribution in [0.1, 0.15) is 10.4 Å². The summed E-state index contributed by atoms with van der Waals surface area (Å²) in [6.07, 6.45) is 0. The average Bonchev–Trinajstić information content (AvgIpc) is 2.19. The lowest BCUT2D eigenvalue weighted by molar-refractivity contribution is 0.0957. The molecule has 1 aromatic carbocycles. The smallest absolute Gasteiger partial charge is 0.253 e. The number of anilines is 1. The molecule has 0 atom stereocenters. The number of hydrogen-bond donors (Lipinski definition) is 3. The van der Waals surface area contributed by atoms with E-state index in [1.807, 2.05) is 0 Å². The van der Waals surface area contributed by atoms with E-state index in [4.69, 9.17) is 22.5 Å². The molecule has 0 heterocycles. The van der Waals surface area contributed by atoms with E-state index in [2.05, 4.69) is 5.32 Å². The summed E-state index contributed by atoms with van der Waals surface area (Å²) in [4.78, 5) is 11.6. The molecule has 0 unspecified atom stereocenters. The minimum atomic E-state index is -3.59. The van der Waals surface area contributed by atoms with Gasteiger partial charge in [0.1, 0.15) is 0 Å². The molecule has 0 aliphatic rings. The number of amides is 1. The Morgan fingerprint density at radius 3 is 2.65 bits per heavy atom. The summed E-state index contributed by atoms with van der Waals surface area (Å²) >= 11 is 5.72. The van der Waals surface area contributed by atoms with Gasteiger partial charge in [-0.1, -0.05) is 11.6 Å². The fourth-order valence-electron chi connectivity index (χ4n) is 1.13. The first kappa shape index (κ1) is 13.8. The van der Waals surface area contributed by atoms with E-state index in [0.717, 1.165) is 0 Å². The van der Waals surface area contributed by atoms with Gasteiger partial charge in [0.2, 0.25) is 10.0 Å². The third kappa shape index (κ3) is 4.59. The number of benzene rings is 1. The fraction of sp³-hybridized carbons (Fsp3) is 0.222. The highest BCUT2D eigenvalue weighted by Gasteiger charge is 2.11. The van der Waals surface area contributed by atoms with Crippen molar-refractivity contribution in [2.45, 2.75) is 0 Å². The highest BCUT2D eigenvalue weighted by Crippen LogP contribution is 2.17. The zero-order valence-corrected chi connectivity index (χ0v) is 10.4. The minimum absolute atomic E-state index is 0.0797. The number of primary sulfonamides is 1. The first-order chi connectivity index (χ1) is 7.79. The van der Waals surface area contributed by atoms with E-state index in [9.17, 15) is 13.2 Å². The number of hydrogen-bond acceptors (Lipinski definition) is 4. The number of carbonyl (C=O) groups is 1. The summed E-state index contributed by atoms with van der Waals surface area (Å²) in [6.45, 7) is -0.0797. The van der Waals surface area contributed by atoms with Crippen molar-refractivity contribution in [1.82, 2.24) is 5.32 Å². The Balaban J connectivity index is 2.67. The fourth-order valence-corrected chi connectivity index (χ4v) is 1.69. The van der Waals surface area contributed by atoms with E-state index >= 15 is 0 Å². The molecule has 1 rings (SSSR count). The summed E-state index contributed by atoms with van der Waals surface area (Å²) in [5.41, 5.74) is 6.05. The van der Waals surface area contributed by atoms with Gasteiger partial charge >= 0.3 is 0 Å². The molecule has 0 aromatic heterocycles. The second-order valence-electron chi connectivity index (χ2n) is 3.35. The SMILES string of the molecule is Nc1ccc(Cl)cc1C(=O)NCCS(N)(=O)=O. The van der Waals surface area contributed by atoms with Crippen LogP contribution in [-0.4, -0.2) is 26.6 Å². The van der Waals surface area contributed by atoms with Crippen LogP contribution in [0.15, 0.2) is 18.2 Å². The molecule has 17 heavy (non-hydrogen) atoms. The Bertz CT molecular complexity index is 530. The average molecular weight is 278 g/mol. The molecule has 1 aromatic rings. The van der Waals surface area contributed by atoms with Crippen LogP contribution in [0.5, 0.6) is 0 Å². The molecule has 5 N–H and O–H groups in total. The number of nitrogen functional groups attached to an aromatic ring is 1. The van der Waals surface area contributed by atoms with Gasteiger partial charge < -0.3 is 11.1 Å². The second kappa shape index (κ2) is 5.35. The van der Waals surface area contributed by atoms with Crippen LogP contribution in [0.4, 0.5) is 5.69 Å². The van der Waals surface area contributed by atoms with Crippen molar-refractivity contribution < 1.29 is 13.2 Å². The summed E-state index contributed by atoms with van der Waals surface area (Å²) in [7, 11) is -3.59. The lowest BCUT2D eigenvalue weighted by Crippen LogP contribution is -2.31. The summed E-state index contributed by atoms with van der Waals surface area (Å²) in [5.74, 6) is -0.826. The van der Waals surface area contributed by atoms with Gasteiger partial charge in [0, 0.05) is 17.3 Å². The highest BCUT2D eigenvalue weighted by atomic mass is 35.5. The van der Waals surface area contributed by atoms with Gasteiger partial charge in [-0.05, 0) is 18.2 Å². The summed E-state index contributed by atoms with van der Waals surface area (Å²) in [5, 5.41) is 7.55. The van der Waals surface area contributed by atoms with E-state index in [1.165, 1.54) is 12.1 Å². The molecule has 0 saturated carbocycles. The molecule has 0 bridgehead atoms. The minimum Gasteiger partial charge on any atom is -0.398 e. The third-order valence-corrected chi connectivity index (χ3v) is 2.94. The zero-order valence-electron chi connectivity index (χ0n) is 8.81. The van der Waals surface area contributed by atoms with Crippen molar-refractivity contribution in [3.05, 3.63) is 28.8 Å². The van der Waals surface area contributed by atoms with Gasteiger partial charge in [0.15, 0.2) is 0 Å². The van der Waals surface area contributed by atoms with Crippen LogP contribution >= 0.6 is 11.6 Å². The van der Waals surface area contributed by atoms with Crippen molar-refractivity contribution in [3.8, 4) is 0 Å². The Hall–Kier alpha value is -1.31. The van der Waals surface area contributed by atoms with Gasteiger partial charge in [0.05, 0.1) is 11.3 Å². The van der Waals surface area contributed by atoms with Crippen molar-refractivity contribution in [1.29, 1.82) is 0 Å². The highest BCUT2D eigenvalue weighted by molar-refractivity contribution is 7.89. The number of sulfonamides is 1. The second-order valence-corrected chi connectivity index (χ2v) is 5.52. The molecule has 0 spiro atoms. The molecule has 0 aliphatic heterocycles. The van der Waals surface area contributed by atoms with E-state index in [0.29, 0.717) is 5.02 Å². The van der Waals surface area contributed by atoms with Gasteiger partial charge in [0.25, 0.3) is 5.91 Å². The monoisotopic (exact) mass is 277 g/mol. The number of nitrogens with one attached hydrogen (secondary N) is 1. The molecular weight excluding hydrogens is 266 g/mol. The van der Waals surface area contributed by atoms with Crippen LogP contribution in [0.2, 0.25) is 5.02 Å². The predicted octanol–water partition coefficient (Wildman–Crippen LogP) is -0.0595. The van der Waals surface area contributed by atoms with Crippen LogP contribution in [0.25, 0.3) is 0 Å². The van der Waals surface area contributed by atoms with Crippen LogP contribution in [-0.2, 0) is 10.0 Å². The van der Waals surface area contributed by atoms with Crippen LogP contribution in [0, 0.1) is 0 Å². The lowest BCUT2D eigenvalue weighted by atomic mass is 10.1. The largest absolute Gasteiger partial charge is 0.398 e. The summed E-state index contributed by atoms with van der Waals surface area (Å²) < 4.78 is 21.3. The van der Waals surface area contributed by atoms with Crippen molar-refractivity contribution >= 4 is 33.2 Å². The van der Waals surface area contributed by atoms with E-state index in [-0.39, 0.29) is 23.5 Å². The maximum Gasteiger partial charge on any atom is 0.253 e. The van der Waals surface area contributed by atoms with Crippen molar-refractivity contribution in [3.63, 3.8) is 0 Å². The molecule has 0 saturated heterocycles. The Kier molecular flexibility index (Phi) is 4.33. The normalized spacial score (nSPS) is 11.2. The lowest BCUT2D eigenvalue weighted by Gasteiger charge is -2.07. The first-order valence-corrected chi connectivity index (χ1v) is 6.72. The van der Waals surface area contributed by atoms with Gasteiger partial charge in [-0.25, -0.2) is 13.6 Å².